The third-order valence-corrected chi connectivity index (χ3v) is 8.63. The van der Waals surface area contributed by atoms with Gasteiger partial charge in [0, 0.05) is 12.8 Å². The number of carbonyl (C=O) groups excluding carboxylic acids is 2. The van der Waals surface area contributed by atoms with Crippen molar-refractivity contribution in [3.63, 3.8) is 0 Å². The Bertz CT molecular complexity index is 1310. The Labute approximate surface area is 355 Å². The maximum Gasteiger partial charge on any atom is 0.306 e. The molecule has 1 unspecified atom stereocenters. The summed E-state index contributed by atoms with van der Waals surface area (Å²) in [5.74, 6) is -0.686. The van der Waals surface area contributed by atoms with E-state index in [1.807, 2.05) is 0 Å². The number of rotatable bonds is 38. The van der Waals surface area contributed by atoms with Crippen molar-refractivity contribution in [1.29, 1.82) is 0 Å². The average Bonchev–Trinajstić information content (AvgIpc) is 3.23. The molecule has 0 fully saturated rings. The molecule has 0 aromatic rings. The van der Waals surface area contributed by atoms with Gasteiger partial charge in [-0.3, -0.25) is 9.59 Å². The first-order valence-corrected chi connectivity index (χ1v) is 22.4. The van der Waals surface area contributed by atoms with Crippen LogP contribution in [0.15, 0.2) is 146 Å². The van der Waals surface area contributed by atoms with Gasteiger partial charge in [-0.15, -0.1) is 0 Å². The van der Waals surface area contributed by atoms with Crippen LogP contribution in [0.4, 0.5) is 0 Å². The molecule has 5 nitrogen and oxygen atoms in total. The van der Waals surface area contributed by atoms with Gasteiger partial charge in [0.1, 0.15) is 6.61 Å². The lowest BCUT2D eigenvalue weighted by atomic mass is 10.1. The Balaban J connectivity index is 3.73. The molecule has 5 heteroatoms. The number of esters is 2. The third-order valence-electron chi connectivity index (χ3n) is 8.63. The number of carbonyl (C=O) groups is 2. The quantitative estimate of drug-likeness (QED) is 0.0383. The van der Waals surface area contributed by atoms with Gasteiger partial charge in [-0.25, -0.2) is 0 Å². The number of ether oxygens (including phenoxy) is 2. The molecule has 0 aliphatic heterocycles. The Morgan fingerprint density at radius 3 is 1.05 bits per heavy atom. The predicted molar refractivity (Wildman–Crippen MR) is 251 cm³/mol. The highest BCUT2D eigenvalue weighted by atomic mass is 16.6. The SMILES string of the molecule is CC/C=C\C/C=C\C/C=C\C/C=C\C/C=C\C/C=C\C/C=C\C/C=C\CCCCCCC(=O)OC(CO)COC(=O)CCCC/C=C\C/C=C\C/C=C\C/C=C\CC. The largest absolute Gasteiger partial charge is 0.462 e. The summed E-state index contributed by atoms with van der Waals surface area (Å²) in [6.07, 6.45) is 72.1. The van der Waals surface area contributed by atoms with E-state index >= 15 is 0 Å². The standard InChI is InChI=1S/C53H80O5/c1-3-5-7-9-11-13-15-17-19-20-21-22-23-24-25-26-27-28-29-30-31-32-34-36-38-40-42-44-46-48-53(56)58-51(49-54)50-57-52(55)47-45-43-41-39-37-35-33-18-16-14-12-10-8-6-4-2/h5-8,11-14,17-19,21-22,24-25,27-28,30-31,33-34,36-37,39,51,54H,3-4,9-10,15-16,20,23,26,29,32,35,38,40-50H2,1-2H3/b7-5-,8-6-,13-11-,14-12-,19-17-,22-21-,25-24-,28-27-,31-30-,33-18-,36-34-,39-37-. The fourth-order valence-electron chi connectivity index (χ4n) is 5.32. The maximum atomic E-state index is 12.2. The number of unbranched alkanes of at least 4 members (excludes halogenated alkanes) is 6. The van der Waals surface area contributed by atoms with Crippen LogP contribution in [0.3, 0.4) is 0 Å². The lowest BCUT2D eigenvalue weighted by Gasteiger charge is -2.15. The Kier molecular flexibility index (Phi) is 43.7. The molecule has 0 saturated heterocycles. The first kappa shape index (κ1) is 53.8. The van der Waals surface area contributed by atoms with Gasteiger partial charge in [-0.05, 0) is 116 Å². The number of allylic oxidation sites excluding steroid dienone is 24. The lowest BCUT2D eigenvalue weighted by molar-refractivity contribution is -0.161. The van der Waals surface area contributed by atoms with E-state index in [2.05, 4.69) is 160 Å². The van der Waals surface area contributed by atoms with Crippen molar-refractivity contribution in [1.82, 2.24) is 0 Å². The number of hydrogen-bond acceptors (Lipinski definition) is 5. The summed E-state index contributed by atoms with van der Waals surface area (Å²) in [5.41, 5.74) is 0. The van der Waals surface area contributed by atoms with Crippen molar-refractivity contribution in [2.24, 2.45) is 0 Å². The predicted octanol–water partition coefficient (Wildman–Crippen LogP) is 14.7. The summed E-state index contributed by atoms with van der Waals surface area (Å²) < 4.78 is 10.6. The van der Waals surface area contributed by atoms with E-state index in [1.165, 1.54) is 0 Å². The van der Waals surface area contributed by atoms with E-state index < -0.39 is 6.10 Å². The van der Waals surface area contributed by atoms with Crippen LogP contribution in [0.1, 0.15) is 155 Å². The normalized spacial score (nSPS) is 13.6. The Morgan fingerprint density at radius 2 is 0.690 bits per heavy atom. The van der Waals surface area contributed by atoms with E-state index in [0.29, 0.717) is 12.8 Å². The zero-order valence-electron chi connectivity index (χ0n) is 36.5. The molecule has 0 radical (unpaired) electrons. The van der Waals surface area contributed by atoms with Gasteiger partial charge in [0.15, 0.2) is 6.10 Å². The molecule has 0 aliphatic rings. The minimum atomic E-state index is -0.814. The molecule has 1 atom stereocenters. The van der Waals surface area contributed by atoms with Gasteiger partial charge < -0.3 is 14.6 Å². The minimum Gasteiger partial charge on any atom is -0.462 e. The van der Waals surface area contributed by atoms with Gasteiger partial charge in [-0.2, -0.15) is 0 Å². The van der Waals surface area contributed by atoms with E-state index in [0.717, 1.165) is 128 Å². The molecule has 0 heterocycles. The maximum absolute atomic E-state index is 12.2. The second-order valence-electron chi connectivity index (χ2n) is 14.0. The van der Waals surface area contributed by atoms with Gasteiger partial charge >= 0.3 is 11.9 Å². The van der Waals surface area contributed by atoms with E-state index in [-0.39, 0.29) is 25.2 Å². The monoisotopic (exact) mass is 797 g/mol. The smallest absolute Gasteiger partial charge is 0.306 e. The average molecular weight is 797 g/mol. The van der Waals surface area contributed by atoms with E-state index in [1.54, 1.807) is 0 Å². The molecule has 58 heavy (non-hydrogen) atoms. The minimum absolute atomic E-state index is 0.109. The van der Waals surface area contributed by atoms with Crippen LogP contribution in [-0.4, -0.2) is 36.4 Å². The first-order valence-electron chi connectivity index (χ1n) is 22.4. The number of hydrogen-bond donors (Lipinski definition) is 1. The Morgan fingerprint density at radius 1 is 0.397 bits per heavy atom. The molecule has 0 amide bonds. The molecule has 0 aromatic heterocycles. The van der Waals surface area contributed by atoms with Crippen molar-refractivity contribution >= 4 is 11.9 Å². The highest BCUT2D eigenvalue weighted by molar-refractivity contribution is 5.70. The lowest BCUT2D eigenvalue weighted by Crippen LogP contribution is -2.28. The van der Waals surface area contributed by atoms with Gasteiger partial charge in [0.2, 0.25) is 0 Å². The molecule has 0 aromatic carbocycles. The van der Waals surface area contributed by atoms with Crippen molar-refractivity contribution in [2.45, 2.75) is 161 Å². The molecule has 0 aliphatic carbocycles. The van der Waals surface area contributed by atoms with Crippen molar-refractivity contribution in [3.8, 4) is 0 Å². The second-order valence-corrected chi connectivity index (χ2v) is 14.0. The highest BCUT2D eigenvalue weighted by Crippen LogP contribution is 2.09. The van der Waals surface area contributed by atoms with Crippen LogP contribution in [0, 0.1) is 0 Å². The number of aliphatic hydroxyl groups is 1. The molecular formula is C53H80O5. The zero-order chi connectivity index (χ0) is 42.1. The molecule has 1 N–H and O–H groups in total. The molecule has 0 saturated carbocycles. The third kappa shape index (κ3) is 44.5. The van der Waals surface area contributed by atoms with E-state index in [9.17, 15) is 14.7 Å². The van der Waals surface area contributed by atoms with Crippen LogP contribution < -0.4 is 0 Å². The van der Waals surface area contributed by atoms with Gasteiger partial charge in [-0.1, -0.05) is 173 Å². The van der Waals surface area contributed by atoms with Crippen LogP contribution in [0.5, 0.6) is 0 Å². The molecule has 322 valence electrons. The van der Waals surface area contributed by atoms with Crippen LogP contribution in [0.25, 0.3) is 0 Å². The van der Waals surface area contributed by atoms with Crippen molar-refractivity contribution in [2.75, 3.05) is 13.2 Å². The summed E-state index contributed by atoms with van der Waals surface area (Å²) >= 11 is 0. The summed E-state index contributed by atoms with van der Waals surface area (Å²) in [4.78, 5) is 24.3. The summed E-state index contributed by atoms with van der Waals surface area (Å²) in [6.45, 7) is 3.82. The number of aliphatic hydroxyl groups excluding tert-OH is 1. The van der Waals surface area contributed by atoms with Crippen LogP contribution in [-0.2, 0) is 19.1 Å². The van der Waals surface area contributed by atoms with Crippen LogP contribution >= 0.6 is 0 Å². The summed E-state index contributed by atoms with van der Waals surface area (Å²) in [7, 11) is 0. The topological polar surface area (TPSA) is 72.8 Å². The van der Waals surface area contributed by atoms with Gasteiger partial charge in [0.25, 0.3) is 0 Å². The Hall–Kier alpha value is -4.22. The molecule has 0 rings (SSSR count). The fraction of sp³-hybridized carbons (Fsp3) is 0.509. The van der Waals surface area contributed by atoms with Crippen LogP contribution in [0.2, 0.25) is 0 Å². The first-order chi connectivity index (χ1) is 28.6. The summed E-state index contributed by atoms with van der Waals surface area (Å²) in [6, 6.07) is 0. The zero-order valence-corrected chi connectivity index (χ0v) is 36.5. The second kappa shape index (κ2) is 47.2. The van der Waals surface area contributed by atoms with Crippen molar-refractivity contribution in [3.05, 3.63) is 146 Å². The fourth-order valence-corrected chi connectivity index (χ4v) is 5.32. The molecular weight excluding hydrogens is 717 g/mol. The summed E-state index contributed by atoms with van der Waals surface area (Å²) in [5, 5.41) is 9.58. The van der Waals surface area contributed by atoms with Crippen molar-refractivity contribution < 1.29 is 24.2 Å². The molecule has 0 bridgehead atoms. The van der Waals surface area contributed by atoms with E-state index in [4.69, 9.17) is 9.47 Å². The molecule has 0 spiro atoms. The highest BCUT2D eigenvalue weighted by Gasteiger charge is 2.16. The van der Waals surface area contributed by atoms with Gasteiger partial charge in [0.05, 0.1) is 6.61 Å².